The van der Waals surface area contributed by atoms with E-state index in [4.69, 9.17) is 9.84 Å². The normalized spacial score (nSPS) is 12.8. The van der Waals surface area contributed by atoms with Gasteiger partial charge in [0.1, 0.15) is 0 Å². The van der Waals surface area contributed by atoms with Crippen molar-refractivity contribution in [2.24, 2.45) is 11.8 Å². The van der Waals surface area contributed by atoms with Crippen LogP contribution in [0.15, 0.2) is 73.3 Å². The standard InChI is InChI=1S/C20H24O.C4H10O/c1-3-18(15-19-10-6-4-7-11-19)14-17(2)21-16-20-12-8-5-9-13-20;1-4(2)3-5/h3-13,17-18H,1,14-16H2,2H3;4-5H,3H2,1-2H3. The number of aliphatic hydroxyl groups is 1. The first kappa shape index (κ1) is 22.1. The van der Waals surface area contributed by atoms with Crippen molar-refractivity contribution in [2.45, 2.75) is 46.3 Å². The number of rotatable bonds is 9. The summed E-state index contributed by atoms with van der Waals surface area (Å²) in [5.41, 5.74) is 2.58. The van der Waals surface area contributed by atoms with Gasteiger partial charge in [0, 0.05) is 6.61 Å². The summed E-state index contributed by atoms with van der Waals surface area (Å²) >= 11 is 0. The Morgan fingerprint density at radius 1 is 0.923 bits per heavy atom. The smallest absolute Gasteiger partial charge is 0.0720 e. The molecule has 0 spiro atoms. The van der Waals surface area contributed by atoms with E-state index in [1.165, 1.54) is 11.1 Å². The number of allylic oxidation sites excluding steroid dienone is 1. The van der Waals surface area contributed by atoms with E-state index in [2.05, 4.69) is 62.0 Å². The van der Waals surface area contributed by atoms with Crippen LogP contribution >= 0.6 is 0 Å². The number of hydrogen-bond acceptors (Lipinski definition) is 2. The first-order valence-corrected chi connectivity index (χ1v) is 9.48. The third-order valence-electron chi connectivity index (χ3n) is 4.05. The second-order valence-electron chi connectivity index (χ2n) is 7.10. The van der Waals surface area contributed by atoms with E-state index in [1.54, 1.807) is 0 Å². The molecule has 2 nitrogen and oxygen atoms in total. The second-order valence-corrected chi connectivity index (χ2v) is 7.10. The lowest BCUT2D eigenvalue weighted by Crippen LogP contribution is -2.14. The van der Waals surface area contributed by atoms with Crippen LogP contribution in [0.1, 0.15) is 38.3 Å². The molecule has 0 amide bonds. The Kier molecular flexibility index (Phi) is 11.3. The summed E-state index contributed by atoms with van der Waals surface area (Å²) in [7, 11) is 0. The maximum Gasteiger partial charge on any atom is 0.0720 e. The van der Waals surface area contributed by atoms with E-state index in [0.717, 1.165) is 12.8 Å². The van der Waals surface area contributed by atoms with Crippen LogP contribution in [0.25, 0.3) is 0 Å². The SMILES string of the molecule is C=CC(Cc1ccccc1)CC(C)OCc1ccccc1.CC(C)CO. The lowest BCUT2D eigenvalue weighted by molar-refractivity contribution is 0.0405. The predicted molar refractivity (Wildman–Crippen MR) is 111 cm³/mol. The molecule has 0 saturated heterocycles. The Balaban J connectivity index is 0.000000597. The van der Waals surface area contributed by atoms with E-state index < -0.39 is 0 Å². The Morgan fingerprint density at radius 2 is 1.42 bits per heavy atom. The lowest BCUT2D eigenvalue weighted by atomic mass is 9.94. The van der Waals surface area contributed by atoms with Gasteiger partial charge < -0.3 is 9.84 Å². The summed E-state index contributed by atoms with van der Waals surface area (Å²) in [6, 6.07) is 20.9. The monoisotopic (exact) mass is 354 g/mol. The summed E-state index contributed by atoms with van der Waals surface area (Å²) in [6.07, 6.45) is 4.32. The van der Waals surface area contributed by atoms with Crippen molar-refractivity contribution < 1.29 is 9.84 Å². The van der Waals surface area contributed by atoms with E-state index in [9.17, 15) is 0 Å². The maximum absolute atomic E-state index is 8.14. The van der Waals surface area contributed by atoms with E-state index in [-0.39, 0.29) is 6.10 Å². The molecule has 0 radical (unpaired) electrons. The van der Waals surface area contributed by atoms with Gasteiger partial charge in [-0.15, -0.1) is 6.58 Å². The van der Waals surface area contributed by atoms with Crippen LogP contribution < -0.4 is 0 Å². The summed E-state index contributed by atoms with van der Waals surface area (Å²) < 4.78 is 5.95. The second kappa shape index (κ2) is 13.3. The molecule has 142 valence electrons. The molecule has 2 aromatic carbocycles. The average molecular weight is 355 g/mol. The fourth-order valence-electron chi connectivity index (χ4n) is 2.49. The predicted octanol–water partition coefficient (Wildman–Crippen LogP) is 5.66. The van der Waals surface area contributed by atoms with Crippen LogP contribution in [0.2, 0.25) is 0 Å². The van der Waals surface area contributed by atoms with Crippen LogP contribution in [0.3, 0.4) is 0 Å². The van der Waals surface area contributed by atoms with Crippen molar-refractivity contribution in [3.63, 3.8) is 0 Å². The zero-order valence-corrected chi connectivity index (χ0v) is 16.5. The summed E-state index contributed by atoms with van der Waals surface area (Å²) in [6.45, 7) is 11.0. The minimum atomic E-state index is 0.233. The molecular formula is C24H34O2. The minimum absolute atomic E-state index is 0.233. The number of benzene rings is 2. The van der Waals surface area contributed by atoms with Gasteiger partial charge in [-0.1, -0.05) is 80.6 Å². The first-order chi connectivity index (χ1) is 12.5. The van der Waals surface area contributed by atoms with Gasteiger partial charge in [-0.05, 0) is 42.7 Å². The van der Waals surface area contributed by atoms with Crippen molar-refractivity contribution in [3.05, 3.63) is 84.4 Å². The van der Waals surface area contributed by atoms with E-state index in [0.29, 0.717) is 25.0 Å². The molecule has 2 aromatic rings. The molecule has 0 saturated carbocycles. The van der Waals surface area contributed by atoms with E-state index in [1.807, 2.05) is 32.0 Å². The third-order valence-corrected chi connectivity index (χ3v) is 4.05. The maximum atomic E-state index is 8.14. The van der Waals surface area contributed by atoms with Crippen LogP contribution in [-0.4, -0.2) is 17.8 Å². The van der Waals surface area contributed by atoms with Crippen LogP contribution in [0.5, 0.6) is 0 Å². The van der Waals surface area contributed by atoms with Crippen molar-refractivity contribution in [3.8, 4) is 0 Å². The molecule has 0 fully saturated rings. The van der Waals surface area contributed by atoms with Gasteiger partial charge in [-0.3, -0.25) is 0 Å². The van der Waals surface area contributed by atoms with Gasteiger partial charge in [0.05, 0.1) is 12.7 Å². The van der Waals surface area contributed by atoms with Gasteiger partial charge in [0.2, 0.25) is 0 Å². The quantitative estimate of drug-likeness (QED) is 0.589. The Labute approximate surface area is 159 Å². The van der Waals surface area contributed by atoms with Crippen molar-refractivity contribution in [2.75, 3.05) is 6.61 Å². The van der Waals surface area contributed by atoms with Crippen molar-refractivity contribution in [1.29, 1.82) is 0 Å². The number of hydrogen-bond donors (Lipinski definition) is 1. The molecule has 2 unspecified atom stereocenters. The molecule has 0 aliphatic carbocycles. The van der Waals surface area contributed by atoms with Gasteiger partial charge >= 0.3 is 0 Å². The number of aliphatic hydroxyl groups excluding tert-OH is 1. The molecule has 0 aromatic heterocycles. The Bertz CT molecular complexity index is 578. The average Bonchev–Trinajstić information content (AvgIpc) is 2.68. The molecule has 2 rings (SSSR count). The Morgan fingerprint density at radius 3 is 1.88 bits per heavy atom. The zero-order chi connectivity index (χ0) is 19.2. The topological polar surface area (TPSA) is 29.5 Å². The highest BCUT2D eigenvalue weighted by Gasteiger charge is 2.11. The summed E-state index contributed by atoms with van der Waals surface area (Å²) in [5.74, 6) is 0.896. The fraction of sp³-hybridized carbons (Fsp3) is 0.417. The van der Waals surface area contributed by atoms with Gasteiger partial charge in [-0.25, -0.2) is 0 Å². The highest BCUT2D eigenvalue weighted by molar-refractivity contribution is 5.16. The lowest BCUT2D eigenvalue weighted by Gasteiger charge is -2.19. The molecule has 26 heavy (non-hydrogen) atoms. The zero-order valence-electron chi connectivity index (χ0n) is 16.5. The van der Waals surface area contributed by atoms with Crippen molar-refractivity contribution in [1.82, 2.24) is 0 Å². The van der Waals surface area contributed by atoms with Gasteiger partial charge in [0.25, 0.3) is 0 Å². The van der Waals surface area contributed by atoms with Gasteiger partial charge in [0.15, 0.2) is 0 Å². The summed E-state index contributed by atoms with van der Waals surface area (Å²) in [4.78, 5) is 0. The number of ether oxygens (including phenoxy) is 1. The largest absolute Gasteiger partial charge is 0.396 e. The molecule has 1 N–H and O–H groups in total. The molecular weight excluding hydrogens is 320 g/mol. The highest BCUT2D eigenvalue weighted by Crippen LogP contribution is 2.17. The van der Waals surface area contributed by atoms with Crippen LogP contribution in [0.4, 0.5) is 0 Å². The minimum Gasteiger partial charge on any atom is -0.396 e. The molecule has 2 heteroatoms. The van der Waals surface area contributed by atoms with E-state index >= 15 is 0 Å². The van der Waals surface area contributed by atoms with Crippen LogP contribution in [-0.2, 0) is 17.8 Å². The third kappa shape index (κ3) is 10.2. The molecule has 0 bridgehead atoms. The Hall–Kier alpha value is -1.90. The van der Waals surface area contributed by atoms with Gasteiger partial charge in [-0.2, -0.15) is 0 Å². The molecule has 0 aliphatic heterocycles. The molecule has 2 atom stereocenters. The highest BCUT2D eigenvalue weighted by atomic mass is 16.5. The molecule has 0 aliphatic rings. The summed E-state index contributed by atoms with van der Waals surface area (Å²) in [5, 5.41) is 8.14. The fourth-order valence-corrected chi connectivity index (χ4v) is 2.49. The molecule has 0 heterocycles. The first-order valence-electron chi connectivity index (χ1n) is 9.48. The van der Waals surface area contributed by atoms with Crippen LogP contribution in [0, 0.1) is 11.8 Å². The van der Waals surface area contributed by atoms with Crippen molar-refractivity contribution >= 4 is 0 Å².